The van der Waals surface area contributed by atoms with Gasteiger partial charge in [0.1, 0.15) is 0 Å². The molecule has 0 radical (unpaired) electrons. The Bertz CT molecular complexity index is 573. The van der Waals surface area contributed by atoms with Gasteiger partial charge in [0.2, 0.25) is 0 Å². The second-order valence-corrected chi connectivity index (χ2v) is 6.37. The summed E-state index contributed by atoms with van der Waals surface area (Å²) in [5, 5.41) is 0. The van der Waals surface area contributed by atoms with Crippen LogP contribution in [0.25, 0.3) is 11.1 Å². The summed E-state index contributed by atoms with van der Waals surface area (Å²) < 4.78 is 0. The van der Waals surface area contributed by atoms with E-state index in [9.17, 15) is 4.79 Å². The summed E-state index contributed by atoms with van der Waals surface area (Å²) in [5.41, 5.74) is 6.09. The van der Waals surface area contributed by atoms with E-state index in [2.05, 4.69) is 41.9 Å². The smallest absolute Gasteiger partial charge is 0.161 e. The Hall–Kier alpha value is -1.68. The summed E-state index contributed by atoms with van der Waals surface area (Å²) in [6.45, 7) is 6.99. The number of carbonyl (C=O) groups excluding carboxylic acids is 1. The van der Waals surface area contributed by atoms with Crippen LogP contribution in [0.3, 0.4) is 0 Å². The monoisotopic (exact) mass is 316 g/mol. The highest BCUT2D eigenvalue weighted by molar-refractivity contribution is 7.11. The molecule has 0 saturated heterocycles. The fourth-order valence-electron chi connectivity index (χ4n) is 2.37. The summed E-state index contributed by atoms with van der Waals surface area (Å²) in [7, 11) is 0. The fourth-order valence-corrected chi connectivity index (χ4v) is 2.79. The van der Waals surface area contributed by atoms with E-state index in [1.165, 1.54) is 73.1 Å². The molecule has 3 rings (SSSR count). The van der Waals surface area contributed by atoms with E-state index in [-0.39, 0.29) is 0 Å². The Morgan fingerprint density at radius 2 is 1.91 bits per heavy atom. The van der Waals surface area contributed by atoms with Crippen LogP contribution in [0, 0.1) is 0 Å². The average molecular weight is 316 g/mol. The zero-order valence-electron chi connectivity index (χ0n) is 13.4. The van der Waals surface area contributed by atoms with Crippen molar-refractivity contribution in [3.05, 3.63) is 34.8 Å². The van der Waals surface area contributed by atoms with E-state index in [1.54, 1.807) is 5.51 Å². The SMILES string of the molecule is CCCCN(CCCC)c1cc2ccc1-2.O=Cc1cncs1. The minimum absolute atomic E-state index is 0.681. The van der Waals surface area contributed by atoms with E-state index >= 15 is 0 Å². The largest absolute Gasteiger partial charge is 0.371 e. The molecule has 0 amide bonds. The maximum Gasteiger partial charge on any atom is 0.161 e. The summed E-state index contributed by atoms with van der Waals surface area (Å²) in [5.74, 6) is 0. The maximum absolute atomic E-state index is 9.84. The lowest BCUT2D eigenvalue weighted by atomic mass is 9.90. The zero-order chi connectivity index (χ0) is 15.8. The molecule has 4 heteroatoms. The van der Waals surface area contributed by atoms with Crippen molar-refractivity contribution in [2.45, 2.75) is 39.5 Å². The number of rotatable bonds is 8. The molecule has 0 aliphatic heterocycles. The molecule has 1 aromatic rings. The number of thiazole rings is 1. The zero-order valence-corrected chi connectivity index (χ0v) is 14.2. The first-order valence-corrected chi connectivity index (χ1v) is 8.91. The van der Waals surface area contributed by atoms with E-state index < -0.39 is 0 Å². The number of hydrogen-bond acceptors (Lipinski definition) is 4. The molecule has 1 aromatic heterocycles. The first kappa shape index (κ1) is 16.7. The van der Waals surface area contributed by atoms with Gasteiger partial charge in [-0.25, -0.2) is 0 Å². The van der Waals surface area contributed by atoms with Crippen molar-refractivity contribution in [1.29, 1.82) is 0 Å². The van der Waals surface area contributed by atoms with Gasteiger partial charge in [-0.1, -0.05) is 38.8 Å². The third-order valence-corrected chi connectivity index (χ3v) is 4.48. The van der Waals surface area contributed by atoms with E-state index in [4.69, 9.17) is 0 Å². The normalized spacial score (nSPS) is 10.6. The van der Waals surface area contributed by atoms with Crippen molar-refractivity contribution in [3.63, 3.8) is 0 Å². The van der Waals surface area contributed by atoms with Crippen LogP contribution in [-0.4, -0.2) is 24.4 Å². The molecule has 0 fully saturated rings. The third-order valence-electron chi connectivity index (χ3n) is 3.78. The van der Waals surface area contributed by atoms with Crippen molar-refractivity contribution >= 4 is 23.3 Å². The number of nitrogens with zero attached hydrogens (tertiary/aromatic N) is 2. The molecule has 0 unspecified atom stereocenters. The first-order valence-electron chi connectivity index (χ1n) is 8.03. The van der Waals surface area contributed by atoms with Crippen LogP contribution in [0.5, 0.6) is 0 Å². The molecule has 0 saturated carbocycles. The number of aromatic nitrogens is 1. The molecule has 0 spiro atoms. The lowest BCUT2D eigenvalue weighted by Crippen LogP contribution is -2.27. The molecule has 22 heavy (non-hydrogen) atoms. The van der Waals surface area contributed by atoms with Gasteiger partial charge < -0.3 is 4.90 Å². The van der Waals surface area contributed by atoms with E-state index in [0.717, 1.165) is 6.29 Å². The van der Waals surface area contributed by atoms with Gasteiger partial charge in [-0.2, -0.15) is 0 Å². The first-order chi connectivity index (χ1) is 10.8. The molecular weight excluding hydrogens is 292 g/mol. The van der Waals surface area contributed by atoms with Crippen LogP contribution in [0.15, 0.2) is 29.9 Å². The number of hydrogen-bond donors (Lipinski definition) is 0. The second kappa shape index (κ2) is 8.69. The lowest BCUT2D eigenvalue weighted by Gasteiger charge is -2.32. The Kier molecular flexibility index (Phi) is 6.59. The number of fused-ring (bicyclic) bond motifs is 1. The molecule has 118 valence electrons. The van der Waals surface area contributed by atoms with Crippen LogP contribution in [0.1, 0.15) is 49.2 Å². The molecular formula is C18H24N2OS. The van der Waals surface area contributed by atoms with Crippen LogP contribution in [0.4, 0.5) is 5.69 Å². The molecule has 0 N–H and O–H groups in total. The molecule has 2 aliphatic carbocycles. The van der Waals surface area contributed by atoms with Crippen LogP contribution in [0.2, 0.25) is 0 Å². The number of unbranched alkanes of at least 4 members (excludes halogenated alkanes) is 2. The molecule has 0 aromatic carbocycles. The van der Waals surface area contributed by atoms with Gasteiger partial charge in [-0.15, -0.1) is 11.3 Å². The van der Waals surface area contributed by atoms with Crippen molar-refractivity contribution in [1.82, 2.24) is 4.98 Å². The summed E-state index contributed by atoms with van der Waals surface area (Å²) >= 11 is 1.34. The predicted octanol–water partition coefficient (Wildman–Crippen LogP) is 5.03. The van der Waals surface area contributed by atoms with Gasteiger partial charge in [-0.05, 0) is 24.5 Å². The fraction of sp³-hybridized carbons (Fsp3) is 0.444. The molecule has 0 atom stereocenters. The average Bonchev–Trinajstić information content (AvgIpc) is 3.05. The van der Waals surface area contributed by atoms with Crippen molar-refractivity contribution in [3.8, 4) is 11.1 Å². The number of anilines is 1. The molecule has 1 heterocycles. The standard InChI is InChI=1S/C14H21N.C4H3NOS/c1-3-5-9-15(10-6-4-2)14-11-12-7-8-13(12)14;6-2-4-1-5-3-7-4/h7-8,11H,3-6,9-10H2,1-2H3;1-3H. The topological polar surface area (TPSA) is 33.2 Å². The Morgan fingerprint density at radius 1 is 1.18 bits per heavy atom. The van der Waals surface area contributed by atoms with Gasteiger partial charge in [-0.3, -0.25) is 9.78 Å². The second-order valence-electron chi connectivity index (χ2n) is 5.45. The van der Waals surface area contributed by atoms with Gasteiger partial charge >= 0.3 is 0 Å². The van der Waals surface area contributed by atoms with Gasteiger partial charge in [0.05, 0.1) is 10.4 Å². The highest BCUT2D eigenvalue weighted by atomic mass is 32.1. The van der Waals surface area contributed by atoms with Gasteiger partial charge in [0, 0.05) is 30.5 Å². The Morgan fingerprint density at radius 3 is 2.23 bits per heavy atom. The summed E-state index contributed by atoms with van der Waals surface area (Å²) in [6.07, 6.45) is 7.53. The number of carbonyl (C=O) groups is 1. The molecule has 0 bridgehead atoms. The van der Waals surface area contributed by atoms with Crippen LogP contribution < -0.4 is 4.90 Å². The minimum Gasteiger partial charge on any atom is -0.371 e. The lowest BCUT2D eigenvalue weighted by molar-refractivity contribution is 0.112. The van der Waals surface area contributed by atoms with E-state index in [0.29, 0.717) is 4.88 Å². The Labute approximate surface area is 137 Å². The van der Waals surface area contributed by atoms with Crippen molar-refractivity contribution in [2.75, 3.05) is 18.0 Å². The minimum atomic E-state index is 0.681. The van der Waals surface area contributed by atoms with Crippen molar-refractivity contribution < 1.29 is 4.79 Å². The van der Waals surface area contributed by atoms with Crippen LogP contribution in [-0.2, 0) is 0 Å². The van der Waals surface area contributed by atoms with Crippen LogP contribution >= 0.6 is 11.3 Å². The van der Waals surface area contributed by atoms with Crippen molar-refractivity contribution in [2.24, 2.45) is 0 Å². The van der Waals surface area contributed by atoms with Gasteiger partial charge in [0.25, 0.3) is 0 Å². The van der Waals surface area contributed by atoms with E-state index in [1.807, 2.05) is 0 Å². The summed E-state index contributed by atoms with van der Waals surface area (Å²) in [4.78, 5) is 16.8. The maximum atomic E-state index is 9.84. The Balaban J connectivity index is 0.000000211. The molecule has 3 nitrogen and oxygen atoms in total. The highest BCUT2D eigenvalue weighted by Crippen LogP contribution is 2.43. The predicted molar refractivity (Wildman–Crippen MR) is 95.0 cm³/mol. The third kappa shape index (κ3) is 4.17. The number of aldehydes is 1. The van der Waals surface area contributed by atoms with Gasteiger partial charge in [0.15, 0.2) is 6.29 Å². The molecule has 2 aliphatic rings. The summed E-state index contributed by atoms with van der Waals surface area (Å²) in [6, 6.07) is 6.78. The quantitative estimate of drug-likeness (QED) is 0.546. The highest BCUT2D eigenvalue weighted by Gasteiger charge is 2.20. The number of benzene rings is 1.